The van der Waals surface area contributed by atoms with E-state index in [1.807, 2.05) is 12.1 Å². The van der Waals surface area contributed by atoms with Gasteiger partial charge in [-0.25, -0.2) is 4.98 Å². The van der Waals surface area contributed by atoms with E-state index in [-0.39, 0.29) is 0 Å². The van der Waals surface area contributed by atoms with E-state index in [9.17, 15) is 5.11 Å². The SMILES string of the molecule is C[C@@H](O)c1ccnc(SC2CCOCC2)c1. The molecule has 1 aromatic heterocycles. The topological polar surface area (TPSA) is 42.4 Å². The van der Waals surface area contributed by atoms with Gasteiger partial charge >= 0.3 is 0 Å². The first-order valence-corrected chi connectivity index (χ1v) is 6.52. The van der Waals surface area contributed by atoms with E-state index in [4.69, 9.17) is 4.74 Å². The fraction of sp³-hybridized carbons (Fsp3) is 0.583. The molecule has 0 radical (unpaired) electrons. The molecule has 2 rings (SSSR count). The average Bonchev–Trinajstić information content (AvgIpc) is 2.30. The van der Waals surface area contributed by atoms with Crippen LogP contribution >= 0.6 is 11.8 Å². The normalized spacial score (nSPS) is 19.6. The predicted octanol–water partition coefficient (Wildman–Crippen LogP) is 2.41. The summed E-state index contributed by atoms with van der Waals surface area (Å²) in [6, 6.07) is 3.84. The quantitative estimate of drug-likeness (QED) is 0.879. The molecule has 0 unspecified atom stereocenters. The number of hydrogen-bond donors (Lipinski definition) is 1. The van der Waals surface area contributed by atoms with Crippen molar-refractivity contribution in [1.29, 1.82) is 0 Å². The van der Waals surface area contributed by atoms with Crippen LogP contribution in [0, 0.1) is 0 Å². The number of nitrogens with zero attached hydrogens (tertiary/aromatic N) is 1. The fourth-order valence-corrected chi connectivity index (χ4v) is 2.81. The van der Waals surface area contributed by atoms with Crippen molar-refractivity contribution in [3.05, 3.63) is 23.9 Å². The second-order valence-corrected chi connectivity index (χ2v) is 5.35. The zero-order valence-corrected chi connectivity index (χ0v) is 10.2. The second kappa shape index (κ2) is 5.66. The van der Waals surface area contributed by atoms with E-state index >= 15 is 0 Å². The summed E-state index contributed by atoms with van der Waals surface area (Å²) in [4.78, 5) is 4.33. The summed E-state index contributed by atoms with van der Waals surface area (Å²) in [5.74, 6) is 0. The molecule has 0 aliphatic carbocycles. The highest BCUT2D eigenvalue weighted by Gasteiger charge is 2.16. The lowest BCUT2D eigenvalue weighted by Crippen LogP contribution is -2.17. The number of ether oxygens (including phenoxy) is 1. The average molecular weight is 239 g/mol. The van der Waals surface area contributed by atoms with Crippen molar-refractivity contribution in [2.24, 2.45) is 0 Å². The van der Waals surface area contributed by atoms with Gasteiger partial charge in [-0.05, 0) is 37.5 Å². The van der Waals surface area contributed by atoms with Crippen LogP contribution in [-0.4, -0.2) is 28.6 Å². The first-order valence-electron chi connectivity index (χ1n) is 5.64. The van der Waals surface area contributed by atoms with Crippen molar-refractivity contribution < 1.29 is 9.84 Å². The van der Waals surface area contributed by atoms with Gasteiger partial charge in [0.1, 0.15) is 0 Å². The number of hydrogen-bond acceptors (Lipinski definition) is 4. The number of rotatable bonds is 3. The summed E-state index contributed by atoms with van der Waals surface area (Å²) in [5, 5.41) is 11.1. The lowest BCUT2D eigenvalue weighted by atomic mass is 10.2. The maximum atomic E-state index is 9.50. The molecular formula is C12H17NO2S. The number of aliphatic hydroxyl groups excluding tert-OH is 1. The molecule has 0 aromatic carbocycles. The minimum atomic E-state index is -0.419. The molecule has 0 spiro atoms. The van der Waals surface area contributed by atoms with Gasteiger partial charge < -0.3 is 9.84 Å². The van der Waals surface area contributed by atoms with Crippen LogP contribution in [-0.2, 0) is 4.74 Å². The summed E-state index contributed by atoms with van der Waals surface area (Å²) >= 11 is 1.79. The third-order valence-electron chi connectivity index (χ3n) is 2.70. The third kappa shape index (κ3) is 3.20. The predicted molar refractivity (Wildman–Crippen MR) is 64.6 cm³/mol. The van der Waals surface area contributed by atoms with Gasteiger partial charge in [-0.15, -0.1) is 11.8 Å². The highest BCUT2D eigenvalue weighted by molar-refractivity contribution is 7.99. The van der Waals surface area contributed by atoms with Crippen LogP contribution in [0.1, 0.15) is 31.4 Å². The van der Waals surface area contributed by atoms with Gasteiger partial charge in [0.2, 0.25) is 0 Å². The highest BCUT2D eigenvalue weighted by atomic mass is 32.2. The van der Waals surface area contributed by atoms with Crippen LogP contribution in [0.3, 0.4) is 0 Å². The summed E-state index contributed by atoms with van der Waals surface area (Å²) in [5.41, 5.74) is 0.935. The Labute approximate surface area is 100 Å². The van der Waals surface area contributed by atoms with Gasteiger partial charge in [0.15, 0.2) is 0 Å². The Kier molecular flexibility index (Phi) is 4.21. The Morgan fingerprint density at radius 2 is 2.25 bits per heavy atom. The molecule has 16 heavy (non-hydrogen) atoms. The molecule has 0 saturated carbocycles. The molecule has 2 heterocycles. The van der Waals surface area contributed by atoms with E-state index in [2.05, 4.69) is 4.98 Å². The fourth-order valence-electron chi connectivity index (χ4n) is 1.71. The molecule has 1 aromatic rings. The van der Waals surface area contributed by atoms with Crippen molar-refractivity contribution in [3.8, 4) is 0 Å². The lowest BCUT2D eigenvalue weighted by molar-refractivity contribution is 0.1000. The largest absolute Gasteiger partial charge is 0.389 e. The molecule has 88 valence electrons. The van der Waals surface area contributed by atoms with Crippen molar-refractivity contribution in [2.75, 3.05) is 13.2 Å². The Hall–Kier alpha value is -0.580. The molecule has 1 fully saturated rings. The third-order valence-corrected chi connectivity index (χ3v) is 3.97. The van der Waals surface area contributed by atoms with Gasteiger partial charge in [0.05, 0.1) is 11.1 Å². The Morgan fingerprint density at radius 3 is 2.94 bits per heavy atom. The standard InChI is InChI=1S/C12H17NO2S/c1-9(14)10-2-5-13-12(8-10)16-11-3-6-15-7-4-11/h2,5,8-9,11,14H,3-4,6-7H2,1H3/t9-/m1/s1. The van der Waals surface area contributed by atoms with Crippen molar-refractivity contribution >= 4 is 11.8 Å². The van der Waals surface area contributed by atoms with Crippen LogP contribution in [0.15, 0.2) is 23.4 Å². The Balaban J connectivity index is 2.00. The van der Waals surface area contributed by atoms with Gasteiger partial charge in [0.25, 0.3) is 0 Å². The van der Waals surface area contributed by atoms with Gasteiger partial charge in [-0.1, -0.05) is 0 Å². The van der Waals surface area contributed by atoms with Crippen LogP contribution in [0.25, 0.3) is 0 Å². The van der Waals surface area contributed by atoms with Crippen LogP contribution in [0.2, 0.25) is 0 Å². The molecule has 1 aliphatic rings. The molecule has 1 saturated heterocycles. The van der Waals surface area contributed by atoms with Crippen molar-refractivity contribution in [3.63, 3.8) is 0 Å². The van der Waals surface area contributed by atoms with Crippen LogP contribution < -0.4 is 0 Å². The summed E-state index contributed by atoms with van der Waals surface area (Å²) in [6.45, 7) is 3.49. The smallest absolute Gasteiger partial charge is 0.0966 e. The molecule has 0 amide bonds. The maximum absolute atomic E-state index is 9.50. The number of thioether (sulfide) groups is 1. The molecule has 3 nitrogen and oxygen atoms in total. The molecule has 4 heteroatoms. The highest BCUT2D eigenvalue weighted by Crippen LogP contribution is 2.29. The Morgan fingerprint density at radius 1 is 1.50 bits per heavy atom. The minimum absolute atomic E-state index is 0.419. The van der Waals surface area contributed by atoms with E-state index in [0.717, 1.165) is 36.6 Å². The summed E-state index contributed by atoms with van der Waals surface area (Å²) < 4.78 is 5.33. The number of pyridine rings is 1. The van der Waals surface area contributed by atoms with Gasteiger partial charge in [0, 0.05) is 24.7 Å². The zero-order valence-electron chi connectivity index (χ0n) is 9.43. The van der Waals surface area contributed by atoms with Gasteiger partial charge in [-0.2, -0.15) is 0 Å². The molecule has 1 aliphatic heterocycles. The monoisotopic (exact) mass is 239 g/mol. The van der Waals surface area contributed by atoms with E-state index in [0.29, 0.717) is 5.25 Å². The summed E-state index contributed by atoms with van der Waals surface area (Å²) in [6.07, 6.45) is 3.53. The van der Waals surface area contributed by atoms with Crippen LogP contribution in [0.4, 0.5) is 0 Å². The molecule has 1 N–H and O–H groups in total. The first kappa shape index (κ1) is 11.9. The number of aromatic nitrogens is 1. The van der Waals surface area contributed by atoms with E-state index in [1.54, 1.807) is 24.9 Å². The lowest BCUT2D eigenvalue weighted by Gasteiger charge is -2.21. The first-order chi connectivity index (χ1) is 7.75. The maximum Gasteiger partial charge on any atom is 0.0966 e. The number of aliphatic hydroxyl groups is 1. The Bertz CT molecular complexity index is 338. The summed E-state index contributed by atoms with van der Waals surface area (Å²) in [7, 11) is 0. The second-order valence-electron chi connectivity index (χ2n) is 4.03. The minimum Gasteiger partial charge on any atom is -0.389 e. The van der Waals surface area contributed by atoms with E-state index in [1.165, 1.54) is 0 Å². The molecule has 1 atom stereocenters. The van der Waals surface area contributed by atoms with Crippen molar-refractivity contribution in [2.45, 2.75) is 36.1 Å². The molecular weight excluding hydrogens is 222 g/mol. The van der Waals surface area contributed by atoms with Gasteiger partial charge in [-0.3, -0.25) is 0 Å². The molecule has 0 bridgehead atoms. The van der Waals surface area contributed by atoms with Crippen LogP contribution in [0.5, 0.6) is 0 Å². The zero-order chi connectivity index (χ0) is 11.4. The van der Waals surface area contributed by atoms with Crippen molar-refractivity contribution in [1.82, 2.24) is 4.98 Å². The van der Waals surface area contributed by atoms with E-state index < -0.39 is 6.10 Å².